The smallest absolute Gasteiger partial charge is 0.338 e. The van der Waals surface area contributed by atoms with Crippen LogP contribution >= 0.6 is 11.3 Å². The Bertz CT molecular complexity index is 431. The highest BCUT2D eigenvalue weighted by atomic mass is 32.1. The molecule has 1 rings (SSSR count). The van der Waals surface area contributed by atoms with Crippen molar-refractivity contribution in [2.24, 2.45) is 0 Å². The van der Waals surface area contributed by atoms with E-state index >= 15 is 0 Å². The van der Waals surface area contributed by atoms with Crippen molar-refractivity contribution in [3.63, 3.8) is 0 Å². The summed E-state index contributed by atoms with van der Waals surface area (Å²) in [6.07, 6.45) is 0. The predicted octanol–water partition coefficient (Wildman–Crippen LogP) is 1.52. The number of nitrogens with zero attached hydrogens (tertiary/aromatic N) is 1. The molecule has 0 bridgehead atoms. The van der Waals surface area contributed by atoms with E-state index in [9.17, 15) is 9.59 Å². The average Bonchev–Trinajstić information content (AvgIpc) is 2.63. The lowest BCUT2D eigenvalue weighted by atomic mass is 10.3. The van der Waals surface area contributed by atoms with Crippen molar-refractivity contribution >= 4 is 28.3 Å². The topological polar surface area (TPSA) is 81.7 Å². The molecular formula is C11H17N3O3S. The van der Waals surface area contributed by atoms with Gasteiger partial charge in [-0.2, -0.15) is 0 Å². The molecule has 0 aliphatic rings. The number of urea groups is 1. The Labute approximate surface area is 110 Å². The van der Waals surface area contributed by atoms with Gasteiger partial charge in [0.05, 0.1) is 5.56 Å². The summed E-state index contributed by atoms with van der Waals surface area (Å²) in [5.41, 5.74) is 0.107. The standard InChI is InChI=1S/C11H17N3O3S/c1-7(6-14(2)3)12-11(17)13-9-8(10(15)16)4-5-18-9/h4-5,7H,6H2,1-3H3,(H,15,16)(H2,12,13,17). The van der Waals surface area contributed by atoms with Crippen molar-refractivity contribution in [2.45, 2.75) is 13.0 Å². The summed E-state index contributed by atoms with van der Waals surface area (Å²) in [4.78, 5) is 24.5. The Morgan fingerprint density at radius 3 is 2.72 bits per heavy atom. The van der Waals surface area contributed by atoms with Gasteiger partial charge in [-0.1, -0.05) is 0 Å². The maximum absolute atomic E-state index is 11.7. The summed E-state index contributed by atoms with van der Waals surface area (Å²) >= 11 is 1.18. The number of thiophene rings is 1. The third-order valence-electron chi connectivity index (χ3n) is 2.14. The molecule has 3 N–H and O–H groups in total. The van der Waals surface area contributed by atoms with Crippen LogP contribution in [0, 0.1) is 0 Å². The molecule has 0 aliphatic heterocycles. The van der Waals surface area contributed by atoms with E-state index in [-0.39, 0.29) is 11.6 Å². The lowest BCUT2D eigenvalue weighted by Crippen LogP contribution is -2.41. The summed E-state index contributed by atoms with van der Waals surface area (Å²) in [5, 5.41) is 16.2. The van der Waals surface area contributed by atoms with Gasteiger partial charge in [0.25, 0.3) is 0 Å². The van der Waals surface area contributed by atoms with Crippen LogP contribution in [0.15, 0.2) is 11.4 Å². The molecular weight excluding hydrogens is 254 g/mol. The number of carboxylic acid groups (broad SMARTS) is 1. The molecule has 0 aromatic carbocycles. The number of rotatable bonds is 5. The number of carboxylic acids is 1. The molecule has 0 fully saturated rings. The molecule has 1 unspecified atom stereocenters. The van der Waals surface area contributed by atoms with E-state index in [4.69, 9.17) is 5.11 Å². The molecule has 1 aromatic heterocycles. The van der Waals surface area contributed by atoms with Gasteiger partial charge in [-0.3, -0.25) is 5.32 Å². The minimum atomic E-state index is -1.05. The van der Waals surface area contributed by atoms with Crippen LogP contribution in [0.3, 0.4) is 0 Å². The number of amides is 2. The third kappa shape index (κ3) is 4.34. The fourth-order valence-corrected chi connectivity index (χ4v) is 2.30. The summed E-state index contributed by atoms with van der Waals surface area (Å²) in [6, 6.07) is 1.05. The first-order valence-electron chi connectivity index (χ1n) is 5.43. The number of anilines is 1. The molecule has 0 radical (unpaired) electrons. The second-order valence-electron chi connectivity index (χ2n) is 4.23. The van der Waals surface area contributed by atoms with Crippen LogP contribution in [0.2, 0.25) is 0 Å². The van der Waals surface area contributed by atoms with Crippen LogP contribution in [0.4, 0.5) is 9.80 Å². The zero-order chi connectivity index (χ0) is 13.7. The Hall–Kier alpha value is -1.60. The predicted molar refractivity (Wildman–Crippen MR) is 71.4 cm³/mol. The highest BCUT2D eigenvalue weighted by molar-refractivity contribution is 7.14. The number of hydrogen-bond acceptors (Lipinski definition) is 4. The molecule has 1 atom stereocenters. The van der Waals surface area contributed by atoms with E-state index in [0.29, 0.717) is 11.5 Å². The number of carbonyl (C=O) groups is 2. The molecule has 0 saturated heterocycles. The molecule has 2 amide bonds. The quantitative estimate of drug-likeness (QED) is 0.758. The van der Waals surface area contributed by atoms with Crippen LogP contribution in [0.25, 0.3) is 0 Å². The average molecular weight is 271 g/mol. The largest absolute Gasteiger partial charge is 0.478 e. The Morgan fingerprint density at radius 1 is 1.50 bits per heavy atom. The Balaban J connectivity index is 2.54. The zero-order valence-corrected chi connectivity index (χ0v) is 11.4. The van der Waals surface area contributed by atoms with Crippen LogP contribution in [0.1, 0.15) is 17.3 Å². The van der Waals surface area contributed by atoms with Gasteiger partial charge in [-0.25, -0.2) is 9.59 Å². The summed E-state index contributed by atoms with van der Waals surface area (Å²) in [5.74, 6) is -1.05. The first-order valence-corrected chi connectivity index (χ1v) is 6.31. The molecule has 1 heterocycles. The molecule has 0 aliphatic carbocycles. The zero-order valence-electron chi connectivity index (χ0n) is 10.6. The second-order valence-corrected chi connectivity index (χ2v) is 5.15. The highest BCUT2D eigenvalue weighted by Crippen LogP contribution is 2.22. The van der Waals surface area contributed by atoms with Crippen molar-refractivity contribution in [3.05, 3.63) is 17.0 Å². The number of aromatic carboxylic acids is 1. The van der Waals surface area contributed by atoms with Gasteiger partial charge in [0.15, 0.2) is 0 Å². The number of likely N-dealkylation sites (N-methyl/N-ethyl adjacent to an activating group) is 1. The van der Waals surface area contributed by atoms with Crippen LogP contribution < -0.4 is 10.6 Å². The lowest BCUT2D eigenvalue weighted by molar-refractivity contribution is 0.0698. The van der Waals surface area contributed by atoms with E-state index in [0.717, 1.165) is 0 Å². The van der Waals surface area contributed by atoms with Gasteiger partial charge in [-0.05, 0) is 32.5 Å². The Morgan fingerprint density at radius 2 is 2.17 bits per heavy atom. The lowest BCUT2D eigenvalue weighted by Gasteiger charge is -2.18. The van der Waals surface area contributed by atoms with Crippen LogP contribution in [0.5, 0.6) is 0 Å². The van der Waals surface area contributed by atoms with Gasteiger partial charge in [0.1, 0.15) is 5.00 Å². The van der Waals surface area contributed by atoms with Gasteiger partial charge < -0.3 is 15.3 Å². The van der Waals surface area contributed by atoms with Crippen molar-refractivity contribution in [1.29, 1.82) is 0 Å². The number of carbonyl (C=O) groups excluding carboxylic acids is 1. The fourth-order valence-electron chi connectivity index (χ4n) is 1.53. The molecule has 7 heteroatoms. The third-order valence-corrected chi connectivity index (χ3v) is 2.97. The normalized spacial score (nSPS) is 12.2. The first kappa shape index (κ1) is 14.5. The van der Waals surface area contributed by atoms with Gasteiger partial charge in [-0.15, -0.1) is 11.3 Å². The monoisotopic (exact) mass is 271 g/mol. The summed E-state index contributed by atoms with van der Waals surface area (Å²) in [7, 11) is 3.83. The van der Waals surface area contributed by atoms with Crippen LogP contribution in [-0.2, 0) is 0 Å². The summed E-state index contributed by atoms with van der Waals surface area (Å²) in [6.45, 7) is 2.59. The maximum atomic E-state index is 11.7. The van der Waals surface area contributed by atoms with E-state index in [1.54, 1.807) is 5.38 Å². The van der Waals surface area contributed by atoms with Crippen molar-refractivity contribution in [2.75, 3.05) is 26.0 Å². The van der Waals surface area contributed by atoms with Crippen molar-refractivity contribution < 1.29 is 14.7 Å². The number of nitrogens with one attached hydrogen (secondary N) is 2. The molecule has 1 aromatic rings. The SMILES string of the molecule is CC(CN(C)C)NC(=O)Nc1sccc1C(=O)O. The van der Waals surface area contributed by atoms with Gasteiger partial charge in [0, 0.05) is 12.6 Å². The Kier molecular flexibility index (Phi) is 5.11. The molecule has 0 spiro atoms. The summed E-state index contributed by atoms with van der Waals surface area (Å²) < 4.78 is 0. The molecule has 18 heavy (non-hydrogen) atoms. The highest BCUT2D eigenvalue weighted by Gasteiger charge is 2.14. The minimum Gasteiger partial charge on any atom is -0.478 e. The van der Waals surface area contributed by atoms with Gasteiger partial charge in [0.2, 0.25) is 0 Å². The minimum absolute atomic E-state index is 0.0201. The van der Waals surface area contributed by atoms with E-state index in [2.05, 4.69) is 10.6 Å². The second kappa shape index (κ2) is 6.36. The van der Waals surface area contributed by atoms with E-state index in [1.165, 1.54) is 17.4 Å². The molecule has 100 valence electrons. The fraction of sp³-hybridized carbons (Fsp3) is 0.455. The van der Waals surface area contributed by atoms with Crippen molar-refractivity contribution in [1.82, 2.24) is 10.2 Å². The van der Waals surface area contributed by atoms with Gasteiger partial charge >= 0.3 is 12.0 Å². The first-order chi connectivity index (χ1) is 8.40. The van der Waals surface area contributed by atoms with Crippen LogP contribution in [-0.4, -0.2) is 48.7 Å². The number of hydrogen-bond donors (Lipinski definition) is 3. The van der Waals surface area contributed by atoms with E-state index in [1.807, 2.05) is 25.9 Å². The van der Waals surface area contributed by atoms with Crippen molar-refractivity contribution in [3.8, 4) is 0 Å². The molecule has 6 nitrogen and oxygen atoms in total. The van der Waals surface area contributed by atoms with E-state index < -0.39 is 12.0 Å². The maximum Gasteiger partial charge on any atom is 0.338 e. The molecule has 0 saturated carbocycles.